The topological polar surface area (TPSA) is 120 Å². The van der Waals surface area contributed by atoms with E-state index in [1.165, 1.54) is 6.07 Å². The summed E-state index contributed by atoms with van der Waals surface area (Å²) in [6, 6.07) is 2.34. The van der Waals surface area contributed by atoms with E-state index in [0.717, 1.165) is 18.5 Å². The molecule has 2 rings (SSSR count). The highest BCUT2D eigenvalue weighted by atomic mass is 19.4. The normalized spacial score (nSPS) is 12.7. The fraction of sp³-hybridized carbons (Fsp3) is 0.500. The van der Waals surface area contributed by atoms with Crippen molar-refractivity contribution in [3.05, 3.63) is 29.8 Å². The first-order valence-electron chi connectivity index (χ1n) is 9.18. The lowest BCUT2D eigenvalue weighted by Crippen LogP contribution is -2.15. The first-order valence-corrected chi connectivity index (χ1v) is 9.18. The van der Waals surface area contributed by atoms with Crippen LogP contribution in [0.25, 0.3) is 0 Å². The Morgan fingerprint density at radius 1 is 1.17 bits per heavy atom. The summed E-state index contributed by atoms with van der Waals surface area (Å²) in [5.41, 5.74) is -0.851. The molecule has 158 valence electrons. The maximum atomic E-state index is 12.9. The molecule has 0 spiro atoms. The predicted molar refractivity (Wildman–Crippen MR) is 103 cm³/mol. The Morgan fingerprint density at radius 3 is 2.55 bits per heavy atom. The molecule has 0 radical (unpaired) electrons. The van der Waals surface area contributed by atoms with Gasteiger partial charge in [0.05, 0.1) is 6.10 Å². The number of unbranched alkanes of at least 4 members (excludes halogenated alkanes) is 1. The zero-order valence-electron chi connectivity index (χ0n) is 16.2. The zero-order valence-corrected chi connectivity index (χ0v) is 16.2. The number of halogens is 3. The van der Waals surface area contributed by atoms with Crippen molar-refractivity contribution < 1.29 is 18.3 Å². The molecule has 0 aliphatic rings. The van der Waals surface area contributed by atoms with Crippen molar-refractivity contribution in [1.82, 2.24) is 19.9 Å². The lowest BCUT2D eigenvalue weighted by Gasteiger charge is -2.13. The van der Waals surface area contributed by atoms with E-state index in [-0.39, 0.29) is 17.7 Å². The number of aryl methyl sites for hydroxylation is 1. The molecule has 0 aliphatic heterocycles. The average molecular weight is 411 g/mol. The molecule has 0 saturated heterocycles. The SMILES string of the molecule is CC(C)Nc1nc(CCCCC(O)C=N)nc(Nc2ccnc(C(F)(F)F)c2)n1. The summed E-state index contributed by atoms with van der Waals surface area (Å²) in [5.74, 6) is 0.911. The lowest BCUT2D eigenvalue weighted by molar-refractivity contribution is -0.141. The van der Waals surface area contributed by atoms with Gasteiger partial charge in [0.15, 0.2) is 0 Å². The Bertz CT molecular complexity index is 814. The first kappa shape index (κ1) is 22.5. The highest BCUT2D eigenvalue weighted by Gasteiger charge is 2.32. The fourth-order valence-corrected chi connectivity index (χ4v) is 2.42. The molecule has 2 heterocycles. The van der Waals surface area contributed by atoms with Crippen molar-refractivity contribution >= 4 is 23.8 Å². The van der Waals surface area contributed by atoms with Crippen molar-refractivity contribution in [2.75, 3.05) is 10.6 Å². The van der Waals surface area contributed by atoms with Gasteiger partial charge in [-0.25, -0.2) is 0 Å². The van der Waals surface area contributed by atoms with Crippen LogP contribution in [-0.4, -0.2) is 43.4 Å². The molecule has 4 N–H and O–H groups in total. The summed E-state index contributed by atoms with van der Waals surface area (Å²) in [6.45, 7) is 3.82. The van der Waals surface area contributed by atoms with Crippen LogP contribution in [0.4, 0.5) is 30.8 Å². The summed E-state index contributed by atoms with van der Waals surface area (Å²) >= 11 is 0. The average Bonchev–Trinajstić information content (AvgIpc) is 2.64. The number of hydrogen-bond donors (Lipinski definition) is 4. The maximum Gasteiger partial charge on any atom is 0.433 e. The largest absolute Gasteiger partial charge is 0.433 e. The van der Waals surface area contributed by atoms with Crippen LogP contribution in [0.15, 0.2) is 18.3 Å². The van der Waals surface area contributed by atoms with Crippen LogP contribution in [0.5, 0.6) is 0 Å². The number of alkyl halides is 3. The van der Waals surface area contributed by atoms with Crippen molar-refractivity contribution in [3.63, 3.8) is 0 Å². The number of hydrogen-bond acceptors (Lipinski definition) is 8. The quantitative estimate of drug-likeness (QED) is 0.348. The summed E-state index contributed by atoms with van der Waals surface area (Å²) in [7, 11) is 0. The Morgan fingerprint density at radius 2 is 1.90 bits per heavy atom. The second-order valence-corrected chi connectivity index (χ2v) is 6.73. The molecule has 0 aromatic carbocycles. The van der Waals surface area contributed by atoms with Gasteiger partial charge in [0, 0.05) is 30.6 Å². The smallest absolute Gasteiger partial charge is 0.387 e. The Balaban J connectivity index is 2.16. The third-order valence-electron chi connectivity index (χ3n) is 3.75. The molecule has 0 fully saturated rings. The van der Waals surface area contributed by atoms with Gasteiger partial charge >= 0.3 is 6.18 Å². The molecule has 1 unspecified atom stereocenters. The number of aliphatic hydroxyl groups is 1. The van der Waals surface area contributed by atoms with Crippen LogP contribution in [0.3, 0.4) is 0 Å². The van der Waals surface area contributed by atoms with E-state index < -0.39 is 18.0 Å². The van der Waals surface area contributed by atoms with Gasteiger partial charge in [0.25, 0.3) is 0 Å². The highest BCUT2D eigenvalue weighted by molar-refractivity contribution is 5.58. The zero-order chi connectivity index (χ0) is 21.4. The molecule has 2 aromatic rings. The van der Waals surface area contributed by atoms with Gasteiger partial charge in [-0.1, -0.05) is 6.42 Å². The second-order valence-electron chi connectivity index (χ2n) is 6.73. The molecule has 1 atom stereocenters. The minimum absolute atomic E-state index is 0.0543. The van der Waals surface area contributed by atoms with Crippen LogP contribution in [0.2, 0.25) is 0 Å². The third kappa shape index (κ3) is 7.60. The molecule has 29 heavy (non-hydrogen) atoms. The number of anilines is 3. The van der Waals surface area contributed by atoms with E-state index in [0.29, 0.717) is 37.5 Å². The molecule has 0 amide bonds. The minimum atomic E-state index is -4.55. The van der Waals surface area contributed by atoms with Crippen molar-refractivity contribution in [1.29, 1.82) is 5.41 Å². The van der Waals surface area contributed by atoms with Crippen molar-refractivity contribution in [2.24, 2.45) is 0 Å². The van der Waals surface area contributed by atoms with Gasteiger partial charge in [-0.15, -0.1) is 0 Å². The van der Waals surface area contributed by atoms with E-state index in [9.17, 15) is 18.3 Å². The van der Waals surface area contributed by atoms with E-state index in [1.54, 1.807) is 0 Å². The van der Waals surface area contributed by atoms with E-state index in [4.69, 9.17) is 5.41 Å². The van der Waals surface area contributed by atoms with Crippen LogP contribution in [0, 0.1) is 5.41 Å². The molecule has 8 nitrogen and oxygen atoms in total. The van der Waals surface area contributed by atoms with Crippen LogP contribution < -0.4 is 10.6 Å². The monoisotopic (exact) mass is 411 g/mol. The van der Waals surface area contributed by atoms with Gasteiger partial charge < -0.3 is 21.1 Å². The minimum Gasteiger partial charge on any atom is -0.387 e. The standard InChI is InChI=1S/C18H24F3N7O/c1-11(2)24-16-26-15(6-4-3-5-13(29)10-22)27-17(28-16)25-12-7-8-23-14(9-12)18(19,20)21/h7-11,13,22,29H,3-6H2,1-2H3,(H2,23,24,25,26,27,28). The summed E-state index contributed by atoms with van der Waals surface area (Å²) in [4.78, 5) is 16.2. The fourth-order valence-electron chi connectivity index (χ4n) is 2.42. The van der Waals surface area contributed by atoms with Gasteiger partial charge in [-0.3, -0.25) is 4.98 Å². The maximum absolute atomic E-state index is 12.9. The summed E-state index contributed by atoms with van der Waals surface area (Å²) in [5, 5.41) is 22.2. The summed E-state index contributed by atoms with van der Waals surface area (Å²) < 4.78 is 38.6. The lowest BCUT2D eigenvalue weighted by atomic mass is 10.1. The van der Waals surface area contributed by atoms with Crippen LogP contribution >= 0.6 is 0 Å². The number of nitrogens with zero attached hydrogens (tertiary/aromatic N) is 4. The number of aliphatic hydroxyl groups excluding tert-OH is 1. The Labute approximate surface area is 166 Å². The van der Waals surface area contributed by atoms with Gasteiger partial charge in [-0.05, 0) is 38.8 Å². The highest BCUT2D eigenvalue weighted by Crippen LogP contribution is 2.29. The molecular formula is C18H24F3N7O. The van der Waals surface area contributed by atoms with E-state index >= 15 is 0 Å². The van der Waals surface area contributed by atoms with Gasteiger partial charge in [-0.2, -0.15) is 28.1 Å². The van der Waals surface area contributed by atoms with Crippen molar-refractivity contribution in [3.8, 4) is 0 Å². The van der Waals surface area contributed by atoms with E-state index in [1.807, 2.05) is 13.8 Å². The first-order chi connectivity index (χ1) is 13.7. The van der Waals surface area contributed by atoms with E-state index in [2.05, 4.69) is 30.6 Å². The number of pyridine rings is 1. The molecule has 0 bridgehead atoms. The summed E-state index contributed by atoms with van der Waals surface area (Å²) in [6.07, 6.45) is -0.937. The van der Waals surface area contributed by atoms with Gasteiger partial charge in [0.1, 0.15) is 11.5 Å². The molecule has 11 heteroatoms. The number of nitrogens with one attached hydrogen (secondary N) is 3. The third-order valence-corrected chi connectivity index (χ3v) is 3.75. The molecular weight excluding hydrogens is 387 g/mol. The number of rotatable bonds is 10. The predicted octanol–water partition coefficient (Wildman–Crippen LogP) is 3.57. The Hall–Kier alpha value is -2.82. The number of aromatic nitrogens is 4. The second kappa shape index (κ2) is 10.1. The molecule has 2 aromatic heterocycles. The molecule has 0 aliphatic carbocycles. The Kier molecular flexibility index (Phi) is 7.82. The van der Waals surface area contributed by atoms with Crippen LogP contribution in [0.1, 0.15) is 44.6 Å². The van der Waals surface area contributed by atoms with Crippen molar-refractivity contribution in [2.45, 2.75) is 57.9 Å². The van der Waals surface area contributed by atoms with Crippen LogP contribution in [-0.2, 0) is 12.6 Å². The molecule has 0 saturated carbocycles. The van der Waals surface area contributed by atoms with Gasteiger partial charge in [0.2, 0.25) is 11.9 Å².